The molecule has 0 unspecified atom stereocenters. The Morgan fingerprint density at radius 3 is 1.94 bits per heavy atom. The van der Waals surface area contributed by atoms with Crippen molar-refractivity contribution in [3.05, 3.63) is 102 Å². The lowest BCUT2D eigenvalue weighted by molar-refractivity contribution is -0.134. The number of methoxy groups -OCH3 is 1. The topological polar surface area (TPSA) is 109 Å². The summed E-state index contributed by atoms with van der Waals surface area (Å²) in [4.78, 5) is 41.6. The van der Waals surface area contributed by atoms with Crippen molar-refractivity contribution >= 4 is 29.5 Å². The maximum absolute atomic E-state index is 14.3. The SMILES string of the molecule is CN[C@@H](C)C(=O)N[C@H](C(=O)N[C@H](C(=O)NCC(c1ccccc1)c1ccccc1)C(C)(C)SCc1ccc(OC)cc1)C1CCCCC1. The van der Waals surface area contributed by atoms with Gasteiger partial charge in [0.05, 0.1) is 13.2 Å². The molecular formula is C39H52N4O4S. The van der Waals surface area contributed by atoms with E-state index < -0.39 is 22.9 Å². The Morgan fingerprint density at radius 2 is 1.40 bits per heavy atom. The minimum absolute atomic E-state index is 0.00562. The molecule has 0 saturated heterocycles. The molecule has 9 heteroatoms. The molecule has 3 aromatic rings. The van der Waals surface area contributed by atoms with Crippen LogP contribution in [0.5, 0.6) is 5.75 Å². The molecule has 8 nitrogen and oxygen atoms in total. The van der Waals surface area contributed by atoms with Gasteiger partial charge in [0.15, 0.2) is 0 Å². The minimum atomic E-state index is -0.870. The van der Waals surface area contributed by atoms with Crippen molar-refractivity contribution in [3.63, 3.8) is 0 Å². The number of thioether (sulfide) groups is 1. The number of carbonyl (C=O) groups is 3. The molecule has 0 bridgehead atoms. The van der Waals surface area contributed by atoms with E-state index in [2.05, 4.69) is 45.5 Å². The monoisotopic (exact) mass is 672 g/mol. The number of ether oxygens (including phenoxy) is 1. The first kappa shape index (κ1) is 37.0. The van der Waals surface area contributed by atoms with Crippen LogP contribution >= 0.6 is 11.8 Å². The zero-order chi connectivity index (χ0) is 34.5. The normalized spacial score (nSPS) is 15.6. The molecule has 3 aromatic carbocycles. The number of carbonyl (C=O) groups excluding carboxylic acids is 3. The van der Waals surface area contributed by atoms with Gasteiger partial charge in [-0.1, -0.05) is 92.1 Å². The zero-order valence-corrected chi connectivity index (χ0v) is 29.8. The summed E-state index contributed by atoms with van der Waals surface area (Å²) in [6, 6.07) is 26.1. The fourth-order valence-electron chi connectivity index (χ4n) is 6.24. The smallest absolute Gasteiger partial charge is 0.244 e. The highest BCUT2D eigenvalue weighted by Gasteiger charge is 2.40. The van der Waals surface area contributed by atoms with Crippen LogP contribution in [0.2, 0.25) is 0 Å². The summed E-state index contributed by atoms with van der Waals surface area (Å²) in [6.07, 6.45) is 4.86. The van der Waals surface area contributed by atoms with E-state index in [-0.39, 0.29) is 29.6 Å². The molecule has 0 radical (unpaired) electrons. The van der Waals surface area contributed by atoms with E-state index in [1.165, 1.54) is 0 Å². The average molecular weight is 673 g/mol. The Balaban J connectivity index is 1.59. The molecule has 4 N–H and O–H groups in total. The van der Waals surface area contributed by atoms with Gasteiger partial charge in [0.2, 0.25) is 17.7 Å². The standard InChI is InChI=1S/C39H52N4O4S/c1-27(40-4)36(44)42-34(31-19-13-8-14-20-31)37(45)43-35(39(2,3)48-26-28-21-23-32(47-5)24-22-28)38(46)41-25-33(29-15-9-6-10-16-29)30-17-11-7-12-18-30/h6-7,9-12,15-18,21-24,27,31,33-35,40H,8,13-14,19-20,25-26H2,1-5H3,(H,41,46)(H,42,44)(H,43,45)/t27-,34-,35+/m0/s1. The van der Waals surface area contributed by atoms with Crippen LogP contribution in [-0.2, 0) is 20.1 Å². The molecule has 258 valence electrons. The van der Waals surface area contributed by atoms with Crippen molar-refractivity contribution in [1.82, 2.24) is 21.3 Å². The summed E-state index contributed by atoms with van der Waals surface area (Å²) >= 11 is 1.61. The van der Waals surface area contributed by atoms with Gasteiger partial charge in [-0.3, -0.25) is 14.4 Å². The van der Waals surface area contributed by atoms with Gasteiger partial charge in [0.1, 0.15) is 17.8 Å². The number of amides is 3. The Hall–Kier alpha value is -3.82. The lowest BCUT2D eigenvalue weighted by atomic mass is 9.83. The molecule has 4 rings (SSSR count). The largest absolute Gasteiger partial charge is 0.497 e. The van der Waals surface area contributed by atoms with E-state index in [0.717, 1.165) is 54.5 Å². The van der Waals surface area contributed by atoms with Crippen LogP contribution in [-0.4, -0.2) is 61.3 Å². The lowest BCUT2D eigenvalue weighted by Gasteiger charge is -2.37. The van der Waals surface area contributed by atoms with Crippen molar-refractivity contribution < 1.29 is 19.1 Å². The average Bonchev–Trinajstić information content (AvgIpc) is 3.12. The number of hydrogen-bond acceptors (Lipinski definition) is 6. The number of benzene rings is 3. The summed E-state index contributed by atoms with van der Waals surface area (Å²) in [5.74, 6) is 0.541. The van der Waals surface area contributed by atoms with E-state index in [0.29, 0.717) is 12.3 Å². The molecule has 0 aliphatic heterocycles. The predicted octanol–water partition coefficient (Wildman–Crippen LogP) is 5.81. The van der Waals surface area contributed by atoms with Crippen LogP contribution in [0.15, 0.2) is 84.9 Å². The van der Waals surface area contributed by atoms with Gasteiger partial charge in [-0.15, -0.1) is 11.8 Å². The zero-order valence-electron chi connectivity index (χ0n) is 29.0. The minimum Gasteiger partial charge on any atom is -0.497 e. The fourth-order valence-corrected chi connectivity index (χ4v) is 7.30. The second kappa shape index (κ2) is 18.1. The van der Waals surface area contributed by atoms with E-state index >= 15 is 0 Å². The van der Waals surface area contributed by atoms with Crippen molar-refractivity contribution in [3.8, 4) is 5.75 Å². The Bertz CT molecular complexity index is 1410. The summed E-state index contributed by atoms with van der Waals surface area (Å²) in [5.41, 5.74) is 3.27. The van der Waals surface area contributed by atoms with E-state index in [9.17, 15) is 14.4 Å². The molecule has 0 aromatic heterocycles. The second-order valence-corrected chi connectivity index (χ2v) is 14.8. The summed E-state index contributed by atoms with van der Waals surface area (Å²) in [5, 5.41) is 12.4. The Kier molecular flexibility index (Phi) is 13.9. The first-order valence-corrected chi connectivity index (χ1v) is 18.0. The van der Waals surface area contributed by atoms with Crippen LogP contribution in [0.4, 0.5) is 0 Å². The molecule has 1 aliphatic carbocycles. The Morgan fingerprint density at radius 1 is 0.812 bits per heavy atom. The first-order valence-electron chi connectivity index (χ1n) is 17.1. The van der Waals surface area contributed by atoms with Gasteiger partial charge in [-0.25, -0.2) is 0 Å². The van der Waals surface area contributed by atoms with Gasteiger partial charge in [-0.05, 0) is 75.4 Å². The third-order valence-electron chi connectivity index (χ3n) is 9.43. The van der Waals surface area contributed by atoms with Crippen LogP contribution in [0.3, 0.4) is 0 Å². The molecule has 48 heavy (non-hydrogen) atoms. The lowest BCUT2D eigenvalue weighted by Crippen LogP contribution is -2.62. The highest BCUT2D eigenvalue weighted by atomic mass is 32.2. The molecule has 1 saturated carbocycles. The predicted molar refractivity (Wildman–Crippen MR) is 195 cm³/mol. The molecule has 3 amide bonds. The van der Waals surface area contributed by atoms with E-state index in [1.54, 1.807) is 32.8 Å². The van der Waals surface area contributed by atoms with Gasteiger partial charge in [0, 0.05) is 23.0 Å². The third-order valence-corrected chi connectivity index (χ3v) is 10.9. The maximum Gasteiger partial charge on any atom is 0.244 e. The van der Waals surface area contributed by atoms with Crippen LogP contribution in [0.25, 0.3) is 0 Å². The number of nitrogens with one attached hydrogen (secondary N) is 4. The second-order valence-electron chi connectivity index (χ2n) is 13.2. The quantitative estimate of drug-likeness (QED) is 0.153. The molecular weight excluding hydrogens is 621 g/mol. The maximum atomic E-state index is 14.3. The summed E-state index contributed by atoms with van der Waals surface area (Å²) < 4.78 is 4.62. The van der Waals surface area contributed by atoms with E-state index in [4.69, 9.17) is 4.74 Å². The molecule has 0 spiro atoms. The number of hydrogen-bond donors (Lipinski definition) is 4. The van der Waals surface area contributed by atoms with Gasteiger partial charge >= 0.3 is 0 Å². The van der Waals surface area contributed by atoms with Gasteiger partial charge < -0.3 is 26.0 Å². The van der Waals surface area contributed by atoms with Crippen molar-refractivity contribution in [1.29, 1.82) is 0 Å². The van der Waals surface area contributed by atoms with Gasteiger partial charge in [0.25, 0.3) is 0 Å². The van der Waals surface area contributed by atoms with Crippen LogP contribution in [0.1, 0.15) is 75.5 Å². The summed E-state index contributed by atoms with van der Waals surface area (Å²) in [6.45, 7) is 6.13. The number of likely N-dealkylation sites (N-methyl/N-ethyl adjacent to an activating group) is 1. The number of rotatable bonds is 16. The fraction of sp³-hybridized carbons (Fsp3) is 0.462. The Labute approximate surface area is 290 Å². The van der Waals surface area contributed by atoms with Crippen LogP contribution < -0.4 is 26.0 Å². The van der Waals surface area contributed by atoms with E-state index in [1.807, 2.05) is 74.5 Å². The third kappa shape index (κ3) is 10.3. The van der Waals surface area contributed by atoms with Crippen molar-refractivity contribution in [2.45, 2.75) is 87.4 Å². The highest BCUT2D eigenvalue weighted by molar-refractivity contribution is 7.99. The van der Waals surface area contributed by atoms with Crippen LogP contribution in [0, 0.1) is 5.92 Å². The highest BCUT2D eigenvalue weighted by Crippen LogP contribution is 2.33. The van der Waals surface area contributed by atoms with Gasteiger partial charge in [-0.2, -0.15) is 0 Å². The van der Waals surface area contributed by atoms with Crippen molar-refractivity contribution in [2.24, 2.45) is 5.92 Å². The molecule has 1 aliphatic rings. The first-order chi connectivity index (χ1) is 23.1. The molecule has 1 fully saturated rings. The summed E-state index contributed by atoms with van der Waals surface area (Å²) in [7, 11) is 3.36. The molecule has 3 atom stereocenters. The molecule has 0 heterocycles. The van der Waals surface area contributed by atoms with Crippen molar-refractivity contribution in [2.75, 3.05) is 20.7 Å².